The van der Waals surface area contributed by atoms with Crippen molar-refractivity contribution in [3.8, 4) is 10.6 Å². The Morgan fingerprint density at radius 2 is 2.15 bits per heavy atom. The zero-order valence-corrected chi connectivity index (χ0v) is 19.4. The number of hydrogen-bond acceptors (Lipinski definition) is 8. The topological polar surface area (TPSA) is 96.8 Å². The number of carbonyl (C=O) groups is 1. The van der Waals surface area contributed by atoms with E-state index in [4.69, 9.17) is 21.1 Å². The number of rotatable bonds is 6. The summed E-state index contributed by atoms with van der Waals surface area (Å²) in [5, 5.41) is 13.9. The van der Waals surface area contributed by atoms with Gasteiger partial charge in [0.2, 0.25) is 5.95 Å². The number of amides is 1. The van der Waals surface area contributed by atoms with Crippen molar-refractivity contribution in [2.24, 2.45) is 0 Å². The second-order valence-electron chi connectivity index (χ2n) is 8.55. The molecule has 0 bridgehead atoms. The van der Waals surface area contributed by atoms with Gasteiger partial charge in [0.25, 0.3) is 5.91 Å². The number of fused-ring (bicyclic) bond motifs is 2. The largest absolute Gasteiger partial charge is 0.394 e. The van der Waals surface area contributed by atoms with Crippen LogP contribution in [-0.4, -0.2) is 65.0 Å². The van der Waals surface area contributed by atoms with Crippen molar-refractivity contribution in [3.63, 3.8) is 0 Å². The van der Waals surface area contributed by atoms with E-state index in [1.54, 1.807) is 41.4 Å². The quantitative estimate of drug-likeness (QED) is 0.534. The van der Waals surface area contributed by atoms with Gasteiger partial charge in [-0.25, -0.2) is 14.4 Å². The van der Waals surface area contributed by atoms with Gasteiger partial charge < -0.3 is 24.8 Å². The molecule has 34 heavy (non-hydrogen) atoms. The van der Waals surface area contributed by atoms with Crippen LogP contribution in [0.25, 0.3) is 10.6 Å². The van der Waals surface area contributed by atoms with Crippen LogP contribution in [0.3, 0.4) is 0 Å². The number of nitrogens with zero attached hydrogens (tertiary/aromatic N) is 3. The summed E-state index contributed by atoms with van der Waals surface area (Å²) in [6.07, 6.45) is 1.56. The maximum atomic E-state index is 15.8. The Morgan fingerprint density at radius 1 is 1.32 bits per heavy atom. The summed E-state index contributed by atoms with van der Waals surface area (Å²) in [4.78, 5) is 24.7. The average Bonchev–Trinajstić information content (AvgIpc) is 3.24. The van der Waals surface area contributed by atoms with Gasteiger partial charge in [0, 0.05) is 11.2 Å². The summed E-state index contributed by atoms with van der Waals surface area (Å²) in [6, 6.07) is 8.05. The Labute approximate surface area is 203 Å². The SMILES string of the molecule is O=C1c2c(sc(-c3ccnc(NC4COC4)n3)c2F)C2(COC2)N1[C@H](CO)c1cccc(Cl)c1. The van der Waals surface area contributed by atoms with Crippen LogP contribution in [0.5, 0.6) is 0 Å². The van der Waals surface area contributed by atoms with Crippen molar-refractivity contribution in [1.29, 1.82) is 0 Å². The maximum absolute atomic E-state index is 15.8. The van der Waals surface area contributed by atoms with Gasteiger partial charge >= 0.3 is 0 Å². The minimum absolute atomic E-state index is 0.0179. The Bertz CT molecular complexity index is 1280. The van der Waals surface area contributed by atoms with Crippen molar-refractivity contribution in [1.82, 2.24) is 14.9 Å². The highest BCUT2D eigenvalue weighted by Gasteiger charge is 2.60. The molecule has 6 rings (SSSR count). The van der Waals surface area contributed by atoms with Crippen LogP contribution < -0.4 is 5.32 Å². The number of thiophene rings is 1. The Hall–Kier alpha value is -2.63. The lowest BCUT2D eigenvalue weighted by atomic mass is 9.92. The molecule has 2 saturated heterocycles. The third kappa shape index (κ3) is 3.24. The highest BCUT2D eigenvalue weighted by Crippen LogP contribution is 2.54. The number of benzene rings is 1. The molecule has 3 aromatic rings. The van der Waals surface area contributed by atoms with Crippen LogP contribution in [0.1, 0.15) is 26.8 Å². The lowest BCUT2D eigenvalue weighted by molar-refractivity contribution is -0.139. The molecule has 176 valence electrons. The Morgan fingerprint density at radius 3 is 2.79 bits per heavy atom. The molecule has 2 N–H and O–H groups in total. The molecule has 2 aromatic heterocycles. The molecule has 0 unspecified atom stereocenters. The number of aliphatic hydroxyl groups excluding tert-OH is 1. The van der Waals surface area contributed by atoms with Crippen LogP contribution >= 0.6 is 22.9 Å². The van der Waals surface area contributed by atoms with E-state index in [0.29, 0.717) is 40.3 Å². The summed E-state index contributed by atoms with van der Waals surface area (Å²) >= 11 is 7.35. The number of nitrogens with one attached hydrogen (secondary N) is 1. The fourth-order valence-corrected chi connectivity index (χ4v) is 6.13. The van der Waals surface area contributed by atoms with Crippen LogP contribution in [-0.2, 0) is 15.0 Å². The first-order valence-corrected chi connectivity index (χ1v) is 12.0. The van der Waals surface area contributed by atoms with E-state index in [1.807, 2.05) is 0 Å². The minimum atomic E-state index is -0.844. The van der Waals surface area contributed by atoms with Gasteiger partial charge in [0.1, 0.15) is 5.54 Å². The highest BCUT2D eigenvalue weighted by molar-refractivity contribution is 7.16. The second-order valence-corrected chi connectivity index (χ2v) is 10.0. The van der Waals surface area contributed by atoms with E-state index < -0.39 is 23.3 Å². The minimum Gasteiger partial charge on any atom is -0.394 e. The van der Waals surface area contributed by atoms with E-state index in [9.17, 15) is 9.90 Å². The molecule has 1 aromatic carbocycles. The van der Waals surface area contributed by atoms with Crippen molar-refractivity contribution < 1.29 is 23.8 Å². The number of aromatic nitrogens is 2. The molecule has 11 heteroatoms. The zero-order chi connectivity index (χ0) is 23.4. The molecule has 0 aliphatic carbocycles. The third-order valence-corrected chi connectivity index (χ3v) is 8.04. The molecule has 3 aliphatic heterocycles. The monoisotopic (exact) mass is 502 g/mol. The number of halogens is 2. The normalized spacial score (nSPS) is 19.6. The molecule has 3 aliphatic rings. The number of ether oxygens (including phenoxy) is 2. The predicted molar refractivity (Wildman–Crippen MR) is 123 cm³/mol. The fraction of sp³-hybridized carbons (Fsp3) is 0.348. The molecule has 8 nitrogen and oxygen atoms in total. The average molecular weight is 503 g/mol. The van der Waals surface area contributed by atoms with Crippen molar-refractivity contribution in [3.05, 3.63) is 63.4 Å². The summed E-state index contributed by atoms with van der Waals surface area (Å²) in [5.41, 5.74) is 0.252. The van der Waals surface area contributed by atoms with Crippen LogP contribution in [0.4, 0.5) is 10.3 Å². The Kier molecular flexibility index (Phi) is 5.30. The Balaban J connectivity index is 1.39. The lowest BCUT2D eigenvalue weighted by Gasteiger charge is -2.48. The number of carbonyl (C=O) groups excluding carboxylic acids is 1. The molecule has 0 radical (unpaired) electrons. The smallest absolute Gasteiger partial charge is 0.259 e. The summed E-state index contributed by atoms with van der Waals surface area (Å²) < 4.78 is 26.5. The van der Waals surface area contributed by atoms with Gasteiger partial charge in [-0.05, 0) is 23.8 Å². The standard InChI is InChI=1S/C23H20ClFN4O4S/c24-13-3-1-2-12(6-13)16(7-30)29-21(31)17-18(25)19(34-20(17)23(29)10-33-11-23)15-4-5-26-22(28-15)27-14-8-32-9-14/h1-6,14,16,30H,7-11H2,(H,26,27,28)/t16-/m1/s1. The van der Waals surface area contributed by atoms with Crippen LogP contribution in [0.2, 0.25) is 5.02 Å². The van der Waals surface area contributed by atoms with Gasteiger partial charge in [-0.3, -0.25) is 4.79 Å². The van der Waals surface area contributed by atoms with E-state index >= 15 is 4.39 Å². The van der Waals surface area contributed by atoms with Crippen LogP contribution in [0, 0.1) is 5.82 Å². The van der Waals surface area contributed by atoms with E-state index in [1.165, 1.54) is 11.3 Å². The van der Waals surface area contributed by atoms with Gasteiger partial charge in [-0.15, -0.1) is 11.3 Å². The first kappa shape index (κ1) is 21.9. The fourth-order valence-electron chi connectivity index (χ4n) is 4.63. The van der Waals surface area contributed by atoms with Crippen molar-refractivity contribution in [2.75, 3.05) is 38.4 Å². The molecule has 5 heterocycles. The molecule has 0 saturated carbocycles. The molecule has 2 fully saturated rings. The first-order chi connectivity index (χ1) is 16.5. The summed E-state index contributed by atoms with van der Waals surface area (Å²) in [5.74, 6) is -0.704. The summed E-state index contributed by atoms with van der Waals surface area (Å²) in [6.45, 7) is 1.26. The number of hydrogen-bond donors (Lipinski definition) is 2. The van der Waals surface area contributed by atoms with E-state index in [2.05, 4.69) is 15.3 Å². The number of aliphatic hydroxyl groups is 1. The number of anilines is 1. The maximum Gasteiger partial charge on any atom is 0.259 e. The molecule has 1 spiro atoms. The van der Waals surface area contributed by atoms with Gasteiger partial charge in [-0.1, -0.05) is 23.7 Å². The first-order valence-electron chi connectivity index (χ1n) is 10.8. The van der Waals surface area contributed by atoms with Gasteiger partial charge in [-0.2, -0.15) is 0 Å². The van der Waals surface area contributed by atoms with Gasteiger partial charge in [0.15, 0.2) is 5.82 Å². The molecular formula is C23H20ClFN4O4S. The third-order valence-electron chi connectivity index (χ3n) is 6.43. The van der Waals surface area contributed by atoms with Gasteiger partial charge in [0.05, 0.1) is 66.1 Å². The summed E-state index contributed by atoms with van der Waals surface area (Å²) in [7, 11) is 0. The molecule has 1 amide bonds. The predicted octanol–water partition coefficient (Wildman–Crippen LogP) is 3.22. The molecule has 1 atom stereocenters. The van der Waals surface area contributed by atoms with E-state index in [-0.39, 0.29) is 36.3 Å². The van der Waals surface area contributed by atoms with Crippen molar-refractivity contribution >= 4 is 34.8 Å². The van der Waals surface area contributed by atoms with Crippen molar-refractivity contribution in [2.45, 2.75) is 17.6 Å². The van der Waals surface area contributed by atoms with Crippen LogP contribution in [0.15, 0.2) is 36.5 Å². The second kappa shape index (κ2) is 8.24. The van der Waals surface area contributed by atoms with E-state index in [0.717, 1.165) is 0 Å². The zero-order valence-electron chi connectivity index (χ0n) is 17.8. The highest BCUT2D eigenvalue weighted by atomic mass is 35.5. The molecular weight excluding hydrogens is 483 g/mol. The lowest BCUT2D eigenvalue weighted by Crippen LogP contribution is -2.58.